The molecule has 1 aromatic heterocycles. The van der Waals surface area contributed by atoms with Gasteiger partial charge >= 0.3 is 0 Å². The third kappa shape index (κ3) is 3.99. The van der Waals surface area contributed by atoms with Crippen LogP contribution in [0.25, 0.3) is 0 Å². The van der Waals surface area contributed by atoms with E-state index in [1.54, 1.807) is 13.3 Å². The molecule has 0 fully saturated rings. The van der Waals surface area contributed by atoms with E-state index >= 15 is 0 Å². The fourth-order valence-corrected chi connectivity index (χ4v) is 1.17. The second-order valence-electron chi connectivity index (χ2n) is 2.82. The Kier molecular flexibility index (Phi) is 5.31. The van der Waals surface area contributed by atoms with Crippen LogP contribution in [0.2, 0.25) is 5.15 Å². The van der Waals surface area contributed by atoms with E-state index in [-0.39, 0.29) is 10.7 Å². The summed E-state index contributed by atoms with van der Waals surface area (Å²) in [7, 11) is 1.61. The maximum Gasteiger partial charge on any atom is 0.288 e. The normalized spacial score (nSPS) is 10.5. The molecule has 5 nitrogen and oxygen atoms in total. The Morgan fingerprint density at radius 3 is 3.00 bits per heavy atom. The van der Waals surface area contributed by atoms with E-state index in [0.29, 0.717) is 26.4 Å². The topological polar surface area (TPSA) is 53.4 Å². The summed E-state index contributed by atoms with van der Waals surface area (Å²) in [6, 6.07) is 0. The van der Waals surface area contributed by atoms with Gasteiger partial charge in [-0.2, -0.15) is 0 Å². The standard InChI is InChI=1S/C9H13ClN2O3/c1-14-6-7-15-5-4-12-3-2-11-8(10)9(12)13/h2-3H,4-7H2,1H3. The fourth-order valence-electron chi connectivity index (χ4n) is 1.00. The van der Waals surface area contributed by atoms with Crippen LogP contribution >= 0.6 is 11.6 Å². The minimum atomic E-state index is -0.297. The maximum absolute atomic E-state index is 11.4. The summed E-state index contributed by atoms with van der Waals surface area (Å²) in [5, 5.41) is -0.0191. The van der Waals surface area contributed by atoms with Crippen molar-refractivity contribution in [3.05, 3.63) is 27.9 Å². The third-order valence-corrected chi connectivity index (χ3v) is 2.04. The van der Waals surface area contributed by atoms with Crippen LogP contribution in [0.4, 0.5) is 0 Å². The molecule has 1 heterocycles. The zero-order chi connectivity index (χ0) is 11.1. The summed E-state index contributed by atoms with van der Waals surface area (Å²) in [5.41, 5.74) is -0.297. The summed E-state index contributed by atoms with van der Waals surface area (Å²) in [6.07, 6.45) is 3.06. The predicted octanol–water partition coefficient (Wildman–Crippen LogP) is 0.560. The van der Waals surface area contributed by atoms with E-state index in [1.165, 1.54) is 10.8 Å². The average molecular weight is 233 g/mol. The van der Waals surface area contributed by atoms with Crippen LogP contribution in [0.1, 0.15) is 0 Å². The molecule has 0 aliphatic heterocycles. The first-order chi connectivity index (χ1) is 7.25. The molecule has 0 atom stereocenters. The Morgan fingerprint density at radius 2 is 2.27 bits per heavy atom. The maximum atomic E-state index is 11.4. The average Bonchev–Trinajstić information content (AvgIpc) is 2.24. The zero-order valence-electron chi connectivity index (χ0n) is 8.48. The summed E-state index contributed by atoms with van der Waals surface area (Å²) in [5.74, 6) is 0. The first-order valence-corrected chi connectivity index (χ1v) is 4.91. The van der Waals surface area contributed by atoms with Gasteiger partial charge in [-0.05, 0) is 0 Å². The number of methoxy groups -OCH3 is 1. The summed E-state index contributed by atoms with van der Waals surface area (Å²) < 4.78 is 11.5. The molecule has 0 spiro atoms. The van der Waals surface area contributed by atoms with Crippen molar-refractivity contribution in [1.29, 1.82) is 0 Å². The zero-order valence-corrected chi connectivity index (χ0v) is 9.24. The molecular weight excluding hydrogens is 220 g/mol. The first-order valence-electron chi connectivity index (χ1n) is 4.53. The molecule has 0 unspecified atom stereocenters. The van der Waals surface area contributed by atoms with E-state index < -0.39 is 0 Å². The third-order valence-electron chi connectivity index (χ3n) is 1.78. The highest BCUT2D eigenvalue weighted by atomic mass is 35.5. The number of hydrogen-bond donors (Lipinski definition) is 0. The van der Waals surface area contributed by atoms with Crippen LogP contribution in [0, 0.1) is 0 Å². The highest BCUT2D eigenvalue weighted by molar-refractivity contribution is 6.29. The molecule has 84 valence electrons. The largest absolute Gasteiger partial charge is 0.382 e. The Morgan fingerprint density at radius 1 is 1.47 bits per heavy atom. The highest BCUT2D eigenvalue weighted by Gasteiger charge is 2.00. The van der Waals surface area contributed by atoms with Crippen LogP contribution < -0.4 is 5.56 Å². The molecule has 0 aromatic carbocycles. The van der Waals surface area contributed by atoms with Gasteiger partial charge in [0.2, 0.25) is 0 Å². The fraction of sp³-hybridized carbons (Fsp3) is 0.556. The van der Waals surface area contributed by atoms with Gasteiger partial charge in [0, 0.05) is 26.0 Å². The number of hydrogen-bond acceptors (Lipinski definition) is 4. The molecule has 0 saturated carbocycles. The highest BCUT2D eigenvalue weighted by Crippen LogP contribution is 1.93. The van der Waals surface area contributed by atoms with Crippen LogP contribution in [-0.4, -0.2) is 36.5 Å². The van der Waals surface area contributed by atoms with Crippen molar-refractivity contribution in [3.63, 3.8) is 0 Å². The Labute approximate surface area is 92.6 Å². The van der Waals surface area contributed by atoms with Crippen molar-refractivity contribution in [2.75, 3.05) is 26.9 Å². The van der Waals surface area contributed by atoms with E-state index in [0.717, 1.165) is 0 Å². The van der Waals surface area contributed by atoms with Gasteiger partial charge in [0.25, 0.3) is 5.56 Å². The van der Waals surface area contributed by atoms with Crippen molar-refractivity contribution >= 4 is 11.6 Å². The van der Waals surface area contributed by atoms with Crippen LogP contribution in [-0.2, 0) is 16.0 Å². The summed E-state index contributed by atoms with van der Waals surface area (Å²) in [6.45, 7) is 1.98. The molecule has 0 radical (unpaired) electrons. The smallest absolute Gasteiger partial charge is 0.288 e. The second kappa shape index (κ2) is 6.55. The van der Waals surface area contributed by atoms with Crippen LogP contribution in [0.3, 0.4) is 0 Å². The molecule has 6 heteroatoms. The molecule has 0 aliphatic rings. The van der Waals surface area contributed by atoms with Gasteiger partial charge in [-0.1, -0.05) is 11.6 Å². The number of nitrogens with zero attached hydrogens (tertiary/aromatic N) is 2. The molecular formula is C9H13ClN2O3. The predicted molar refractivity (Wildman–Crippen MR) is 56.2 cm³/mol. The summed E-state index contributed by atoms with van der Waals surface area (Å²) in [4.78, 5) is 15.0. The van der Waals surface area contributed by atoms with Gasteiger partial charge < -0.3 is 14.0 Å². The monoisotopic (exact) mass is 232 g/mol. The lowest BCUT2D eigenvalue weighted by Gasteiger charge is -2.06. The van der Waals surface area contributed by atoms with Gasteiger partial charge in [0.15, 0.2) is 5.15 Å². The molecule has 0 aliphatic carbocycles. The van der Waals surface area contributed by atoms with Gasteiger partial charge in [-0.25, -0.2) is 4.98 Å². The number of halogens is 1. The molecule has 15 heavy (non-hydrogen) atoms. The van der Waals surface area contributed by atoms with Crippen molar-refractivity contribution in [3.8, 4) is 0 Å². The van der Waals surface area contributed by atoms with Crippen molar-refractivity contribution in [1.82, 2.24) is 9.55 Å². The van der Waals surface area contributed by atoms with Gasteiger partial charge in [-0.3, -0.25) is 4.79 Å². The number of rotatable bonds is 6. The van der Waals surface area contributed by atoms with Crippen LogP contribution in [0.5, 0.6) is 0 Å². The van der Waals surface area contributed by atoms with E-state index in [1.807, 2.05) is 0 Å². The summed E-state index contributed by atoms with van der Waals surface area (Å²) >= 11 is 5.57. The van der Waals surface area contributed by atoms with Gasteiger partial charge in [-0.15, -0.1) is 0 Å². The SMILES string of the molecule is COCCOCCn1ccnc(Cl)c1=O. The molecule has 1 aromatic rings. The Bertz CT molecular complexity index is 353. The van der Waals surface area contributed by atoms with Crippen molar-refractivity contribution in [2.45, 2.75) is 6.54 Å². The minimum Gasteiger partial charge on any atom is -0.382 e. The number of ether oxygens (including phenoxy) is 2. The molecule has 0 N–H and O–H groups in total. The van der Waals surface area contributed by atoms with Crippen molar-refractivity contribution in [2.24, 2.45) is 0 Å². The quantitative estimate of drug-likeness (QED) is 0.673. The van der Waals surface area contributed by atoms with Crippen molar-refractivity contribution < 1.29 is 9.47 Å². The van der Waals surface area contributed by atoms with Gasteiger partial charge in [0.05, 0.1) is 19.8 Å². The molecule has 0 bridgehead atoms. The van der Waals surface area contributed by atoms with Crippen LogP contribution in [0.15, 0.2) is 17.2 Å². The first kappa shape index (κ1) is 12.2. The van der Waals surface area contributed by atoms with E-state index in [9.17, 15) is 4.79 Å². The minimum absolute atomic E-state index is 0.0191. The lowest BCUT2D eigenvalue weighted by molar-refractivity contribution is 0.0662. The van der Waals surface area contributed by atoms with E-state index in [4.69, 9.17) is 21.1 Å². The van der Waals surface area contributed by atoms with Gasteiger partial charge in [0.1, 0.15) is 0 Å². The second-order valence-corrected chi connectivity index (χ2v) is 3.18. The molecule has 0 saturated heterocycles. The lowest BCUT2D eigenvalue weighted by Crippen LogP contribution is -2.23. The Hall–Kier alpha value is -0.910. The molecule has 0 amide bonds. The Balaban J connectivity index is 2.38. The number of aromatic nitrogens is 2. The molecule has 1 rings (SSSR count). The van der Waals surface area contributed by atoms with E-state index in [2.05, 4.69) is 4.98 Å². The lowest BCUT2D eigenvalue weighted by atomic mass is 10.6.